The molecule has 0 amide bonds. The van der Waals surface area contributed by atoms with Crippen LogP contribution in [-0.2, 0) is 10.9 Å². The Morgan fingerprint density at radius 2 is 1.45 bits per heavy atom. The van der Waals surface area contributed by atoms with Crippen LogP contribution in [0.25, 0.3) is 10.8 Å². The van der Waals surface area contributed by atoms with Crippen LogP contribution in [0.3, 0.4) is 0 Å². The van der Waals surface area contributed by atoms with Crippen LogP contribution in [0.4, 0.5) is 0 Å². The zero-order valence-electron chi connectivity index (χ0n) is 12.6. The van der Waals surface area contributed by atoms with Crippen molar-refractivity contribution in [3.05, 3.63) is 36.4 Å². The molecule has 2 rings (SSSR count). The van der Waals surface area contributed by atoms with Crippen LogP contribution in [0.2, 0.25) is 0 Å². The van der Waals surface area contributed by atoms with Gasteiger partial charge >= 0.3 is 0 Å². The van der Waals surface area contributed by atoms with Gasteiger partial charge in [-0.3, -0.25) is 0 Å². The molecular formula is C18H25OS+. The summed E-state index contributed by atoms with van der Waals surface area (Å²) in [7, 11) is 0.318. The molecule has 1 nitrogen and oxygen atoms in total. The third kappa shape index (κ3) is 3.49. The van der Waals surface area contributed by atoms with Gasteiger partial charge in [-0.25, -0.2) is 0 Å². The molecule has 0 saturated carbocycles. The SMILES string of the molecule is CCCC[S+](CCCC)c1ccc(O)c2ccccc12. The Balaban J connectivity index is 2.38. The average Bonchev–Trinajstić information content (AvgIpc) is 2.49. The van der Waals surface area contributed by atoms with Crippen molar-refractivity contribution in [1.82, 2.24) is 0 Å². The van der Waals surface area contributed by atoms with Crippen molar-refractivity contribution in [2.75, 3.05) is 11.5 Å². The molecule has 0 atom stereocenters. The predicted octanol–water partition coefficient (Wildman–Crippen LogP) is 5.12. The summed E-state index contributed by atoms with van der Waals surface area (Å²) < 4.78 is 0. The highest BCUT2D eigenvalue weighted by molar-refractivity contribution is 7.97. The van der Waals surface area contributed by atoms with Crippen LogP contribution in [0.5, 0.6) is 5.75 Å². The quantitative estimate of drug-likeness (QED) is 0.701. The van der Waals surface area contributed by atoms with Crippen molar-refractivity contribution in [2.45, 2.75) is 44.4 Å². The standard InChI is InChI=1S/C18H24OS/c1-3-5-13-20(14-6-4-2)18-12-11-17(19)15-9-7-8-10-16(15)18/h7-12H,3-6,13-14H2,1-2H3/p+1. The average molecular weight is 289 g/mol. The molecule has 0 aromatic heterocycles. The van der Waals surface area contributed by atoms with Gasteiger partial charge < -0.3 is 5.11 Å². The summed E-state index contributed by atoms with van der Waals surface area (Å²) in [5.74, 6) is 2.97. The third-order valence-electron chi connectivity index (χ3n) is 3.66. The van der Waals surface area contributed by atoms with E-state index in [9.17, 15) is 5.11 Å². The summed E-state index contributed by atoms with van der Waals surface area (Å²) in [4.78, 5) is 1.44. The second kappa shape index (κ2) is 7.58. The first-order valence-electron chi connectivity index (χ1n) is 7.66. The number of fused-ring (bicyclic) bond motifs is 1. The van der Waals surface area contributed by atoms with Gasteiger partial charge in [0.1, 0.15) is 17.3 Å². The van der Waals surface area contributed by atoms with Crippen LogP contribution < -0.4 is 0 Å². The zero-order valence-corrected chi connectivity index (χ0v) is 13.4. The maximum Gasteiger partial charge on any atom is 0.162 e. The summed E-state index contributed by atoms with van der Waals surface area (Å²) in [6.07, 6.45) is 5.10. The first-order chi connectivity index (χ1) is 9.77. The summed E-state index contributed by atoms with van der Waals surface area (Å²) in [5.41, 5.74) is 0. The highest BCUT2D eigenvalue weighted by Crippen LogP contribution is 2.32. The molecular weight excluding hydrogens is 264 g/mol. The van der Waals surface area contributed by atoms with E-state index in [1.165, 1.54) is 47.5 Å². The van der Waals surface area contributed by atoms with Gasteiger partial charge in [0.2, 0.25) is 0 Å². The molecule has 0 heterocycles. The van der Waals surface area contributed by atoms with Crippen LogP contribution >= 0.6 is 0 Å². The second-order valence-electron chi connectivity index (χ2n) is 5.24. The fraction of sp³-hybridized carbons (Fsp3) is 0.444. The molecule has 0 aliphatic heterocycles. The van der Waals surface area contributed by atoms with E-state index in [4.69, 9.17) is 0 Å². The molecule has 0 aliphatic rings. The van der Waals surface area contributed by atoms with Crippen molar-refractivity contribution in [2.24, 2.45) is 0 Å². The van der Waals surface area contributed by atoms with E-state index in [0.717, 1.165) is 5.39 Å². The smallest absolute Gasteiger partial charge is 0.162 e. The number of phenolic OH excluding ortho intramolecular Hbond substituents is 1. The molecule has 2 aromatic carbocycles. The third-order valence-corrected chi connectivity index (χ3v) is 6.20. The minimum atomic E-state index is 0.318. The molecule has 108 valence electrons. The number of rotatable bonds is 7. The van der Waals surface area contributed by atoms with Crippen molar-refractivity contribution in [3.8, 4) is 5.75 Å². The van der Waals surface area contributed by atoms with Crippen LogP contribution in [-0.4, -0.2) is 16.6 Å². The maximum atomic E-state index is 10.0. The van der Waals surface area contributed by atoms with Crippen LogP contribution in [0.1, 0.15) is 39.5 Å². The Labute approximate surface area is 125 Å². The molecule has 0 bridgehead atoms. The number of phenols is 1. The topological polar surface area (TPSA) is 20.2 Å². The molecule has 20 heavy (non-hydrogen) atoms. The zero-order chi connectivity index (χ0) is 14.4. The molecule has 0 saturated heterocycles. The summed E-state index contributed by atoms with van der Waals surface area (Å²) in [6, 6.07) is 12.3. The summed E-state index contributed by atoms with van der Waals surface area (Å²) in [6.45, 7) is 4.52. The van der Waals surface area contributed by atoms with Gasteiger partial charge in [-0.2, -0.15) is 0 Å². The first kappa shape index (κ1) is 15.2. The van der Waals surface area contributed by atoms with E-state index in [-0.39, 0.29) is 0 Å². The van der Waals surface area contributed by atoms with Crippen LogP contribution in [0.15, 0.2) is 41.3 Å². The predicted molar refractivity (Wildman–Crippen MR) is 90.8 cm³/mol. The van der Waals surface area contributed by atoms with Gasteiger partial charge in [-0.15, -0.1) is 0 Å². The highest BCUT2D eigenvalue weighted by atomic mass is 32.2. The molecule has 0 unspecified atom stereocenters. The molecule has 1 N–H and O–H groups in total. The lowest BCUT2D eigenvalue weighted by Gasteiger charge is -2.11. The molecule has 0 radical (unpaired) electrons. The molecule has 0 spiro atoms. The van der Waals surface area contributed by atoms with Gasteiger partial charge in [-0.1, -0.05) is 44.9 Å². The van der Waals surface area contributed by atoms with Crippen molar-refractivity contribution in [3.63, 3.8) is 0 Å². The van der Waals surface area contributed by atoms with Crippen LogP contribution in [0, 0.1) is 0 Å². The minimum absolute atomic E-state index is 0.318. The van der Waals surface area contributed by atoms with E-state index < -0.39 is 0 Å². The van der Waals surface area contributed by atoms with E-state index in [0.29, 0.717) is 16.6 Å². The number of benzene rings is 2. The van der Waals surface area contributed by atoms with Crippen molar-refractivity contribution >= 4 is 21.7 Å². The maximum absolute atomic E-state index is 10.0. The van der Waals surface area contributed by atoms with E-state index in [1.807, 2.05) is 18.2 Å². The molecule has 0 aliphatic carbocycles. The Kier molecular flexibility index (Phi) is 5.78. The van der Waals surface area contributed by atoms with Gasteiger partial charge in [0, 0.05) is 21.7 Å². The molecule has 2 aromatic rings. The fourth-order valence-corrected chi connectivity index (χ4v) is 5.13. The largest absolute Gasteiger partial charge is 0.507 e. The van der Waals surface area contributed by atoms with E-state index in [2.05, 4.69) is 32.0 Å². The minimum Gasteiger partial charge on any atom is -0.507 e. The first-order valence-corrected chi connectivity index (χ1v) is 9.22. The number of unbranched alkanes of at least 4 members (excludes halogenated alkanes) is 2. The Hall–Kier alpha value is -1.15. The van der Waals surface area contributed by atoms with Gasteiger partial charge in [0.25, 0.3) is 0 Å². The Morgan fingerprint density at radius 1 is 0.850 bits per heavy atom. The lowest BCUT2D eigenvalue weighted by molar-refractivity contribution is 0.481. The summed E-state index contributed by atoms with van der Waals surface area (Å²) >= 11 is 0. The van der Waals surface area contributed by atoms with E-state index in [1.54, 1.807) is 0 Å². The number of aromatic hydroxyl groups is 1. The monoisotopic (exact) mass is 289 g/mol. The van der Waals surface area contributed by atoms with E-state index >= 15 is 0 Å². The highest BCUT2D eigenvalue weighted by Gasteiger charge is 2.23. The summed E-state index contributed by atoms with van der Waals surface area (Å²) in [5, 5.41) is 12.3. The number of hydrogen-bond acceptors (Lipinski definition) is 1. The molecule has 0 fully saturated rings. The second-order valence-corrected chi connectivity index (χ2v) is 7.48. The lowest BCUT2D eigenvalue weighted by atomic mass is 10.1. The van der Waals surface area contributed by atoms with Gasteiger partial charge in [0.15, 0.2) is 4.90 Å². The van der Waals surface area contributed by atoms with Gasteiger partial charge in [-0.05, 0) is 31.0 Å². The van der Waals surface area contributed by atoms with Gasteiger partial charge in [0.05, 0.1) is 0 Å². The van der Waals surface area contributed by atoms with Crippen molar-refractivity contribution < 1.29 is 5.11 Å². The lowest BCUT2D eigenvalue weighted by Crippen LogP contribution is -2.13. The Bertz CT molecular complexity index is 542. The fourth-order valence-electron chi connectivity index (χ4n) is 2.47. The van der Waals surface area contributed by atoms with Crippen molar-refractivity contribution in [1.29, 1.82) is 0 Å². The Morgan fingerprint density at radius 3 is 2.05 bits per heavy atom. The number of hydrogen-bond donors (Lipinski definition) is 1. The molecule has 2 heteroatoms. The normalized spacial score (nSPS) is 11.3.